The average Bonchev–Trinajstić information content (AvgIpc) is 2.36. The van der Waals surface area contributed by atoms with Gasteiger partial charge in [0, 0.05) is 22.1 Å². The van der Waals surface area contributed by atoms with Gasteiger partial charge in [0.25, 0.3) is 5.91 Å². The number of carbonyl (C=O) groups is 1. The Morgan fingerprint density at radius 3 is 2.58 bits per heavy atom. The van der Waals surface area contributed by atoms with E-state index in [-0.39, 0.29) is 5.91 Å². The van der Waals surface area contributed by atoms with Crippen LogP contribution in [0.3, 0.4) is 0 Å². The lowest BCUT2D eigenvalue weighted by Gasteiger charge is -2.19. The molecule has 1 amide bonds. The molecule has 19 heavy (non-hydrogen) atoms. The lowest BCUT2D eigenvalue weighted by atomic mass is 10.2. The van der Waals surface area contributed by atoms with Crippen molar-refractivity contribution in [2.75, 3.05) is 17.7 Å². The molecule has 98 valence electrons. The Hall–Kier alpha value is -1.52. The zero-order valence-electron chi connectivity index (χ0n) is 10.2. The van der Waals surface area contributed by atoms with Gasteiger partial charge in [-0.2, -0.15) is 0 Å². The van der Waals surface area contributed by atoms with Gasteiger partial charge in [-0.1, -0.05) is 39.7 Å². The molecule has 2 N–H and O–H groups in total. The Labute approximate surface area is 125 Å². The molecule has 0 aliphatic rings. The lowest BCUT2D eigenvalue weighted by Crippen LogP contribution is -2.27. The molecule has 0 fully saturated rings. The Morgan fingerprint density at radius 2 is 1.95 bits per heavy atom. The minimum Gasteiger partial charge on any atom is -0.397 e. The Morgan fingerprint density at radius 1 is 1.26 bits per heavy atom. The Balaban J connectivity index is 2.36. The summed E-state index contributed by atoms with van der Waals surface area (Å²) in [5.74, 6) is -0.166. The maximum atomic E-state index is 12.4. The van der Waals surface area contributed by atoms with Crippen molar-refractivity contribution in [3.63, 3.8) is 0 Å². The summed E-state index contributed by atoms with van der Waals surface area (Å²) in [4.78, 5) is 13.9. The van der Waals surface area contributed by atoms with Gasteiger partial charge in [-0.25, -0.2) is 0 Å². The third kappa shape index (κ3) is 3.08. The second-order valence-corrected chi connectivity index (χ2v) is 5.43. The number of para-hydroxylation sites is 2. The minimum atomic E-state index is -0.166. The number of nitrogens with two attached hydrogens (primary N) is 1. The van der Waals surface area contributed by atoms with E-state index < -0.39 is 0 Å². The van der Waals surface area contributed by atoms with Gasteiger partial charge >= 0.3 is 0 Å². The first-order chi connectivity index (χ1) is 8.99. The number of anilines is 2. The van der Waals surface area contributed by atoms with Crippen LogP contribution in [0.1, 0.15) is 10.4 Å². The van der Waals surface area contributed by atoms with Crippen molar-refractivity contribution in [1.82, 2.24) is 0 Å². The van der Waals surface area contributed by atoms with Crippen LogP contribution < -0.4 is 10.6 Å². The highest BCUT2D eigenvalue weighted by molar-refractivity contribution is 9.10. The van der Waals surface area contributed by atoms with E-state index >= 15 is 0 Å². The second-order valence-electron chi connectivity index (χ2n) is 4.08. The van der Waals surface area contributed by atoms with Crippen molar-refractivity contribution in [1.29, 1.82) is 0 Å². The van der Waals surface area contributed by atoms with Crippen LogP contribution >= 0.6 is 27.5 Å². The summed E-state index contributed by atoms with van der Waals surface area (Å²) in [7, 11) is 1.68. The van der Waals surface area contributed by atoms with E-state index in [9.17, 15) is 4.79 Å². The van der Waals surface area contributed by atoms with Crippen molar-refractivity contribution in [2.24, 2.45) is 0 Å². The summed E-state index contributed by atoms with van der Waals surface area (Å²) in [5.41, 5.74) is 7.60. The summed E-state index contributed by atoms with van der Waals surface area (Å²) in [6, 6.07) is 12.3. The summed E-state index contributed by atoms with van der Waals surface area (Å²) in [5, 5.41) is 0.507. The van der Waals surface area contributed by atoms with Crippen molar-refractivity contribution >= 4 is 44.8 Å². The van der Waals surface area contributed by atoms with Crippen LogP contribution in [-0.2, 0) is 0 Å². The van der Waals surface area contributed by atoms with Crippen molar-refractivity contribution < 1.29 is 4.79 Å². The Kier molecular flexibility index (Phi) is 4.12. The zero-order valence-corrected chi connectivity index (χ0v) is 12.6. The molecule has 2 aromatic rings. The maximum absolute atomic E-state index is 12.4. The van der Waals surface area contributed by atoms with Crippen LogP contribution in [0.2, 0.25) is 5.02 Å². The standard InChI is InChI=1S/C14H12BrClN2O/c1-18(13-5-3-2-4-12(13)17)14(19)9-6-10(15)8-11(16)7-9/h2-8H,17H2,1H3. The number of amides is 1. The lowest BCUT2D eigenvalue weighted by molar-refractivity contribution is 0.0993. The predicted octanol–water partition coefficient (Wildman–Crippen LogP) is 3.96. The monoisotopic (exact) mass is 338 g/mol. The molecule has 2 aromatic carbocycles. The number of rotatable bonds is 2. The van der Waals surface area contributed by atoms with E-state index in [0.29, 0.717) is 22.0 Å². The van der Waals surface area contributed by atoms with E-state index in [1.807, 2.05) is 12.1 Å². The molecule has 3 nitrogen and oxygen atoms in total. The fourth-order valence-electron chi connectivity index (χ4n) is 1.77. The highest BCUT2D eigenvalue weighted by atomic mass is 79.9. The van der Waals surface area contributed by atoms with Gasteiger partial charge in [0.15, 0.2) is 0 Å². The van der Waals surface area contributed by atoms with Gasteiger partial charge in [0.2, 0.25) is 0 Å². The van der Waals surface area contributed by atoms with Gasteiger partial charge in [-0.3, -0.25) is 4.79 Å². The average molecular weight is 340 g/mol. The van der Waals surface area contributed by atoms with Crippen molar-refractivity contribution in [2.45, 2.75) is 0 Å². The molecule has 2 rings (SSSR count). The molecule has 0 saturated heterocycles. The first-order valence-corrected chi connectivity index (χ1v) is 6.75. The first kappa shape index (κ1) is 13.9. The highest BCUT2D eigenvalue weighted by Gasteiger charge is 2.16. The topological polar surface area (TPSA) is 46.3 Å². The summed E-state index contributed by atoms with van der Waals surface area (Å²) in [6.45, 7) is 0. The second kappa shape index (κ2) is 5.63. The molecule has 0 saturated carbocycles. The summed E-state index contributed by atoms with van der Waals surface area (Å²) < 4.78 is 0.762. The smallest absolute Gasteiger partial charge is 0.258 e. The molecule has 0 radical (unpaired) electrons. The van der Waals surface area contributed by atoms with Crippen LogP contribution in [0.15, 0.2) is 46.9 Å². The van der Waals surface area contributed by atoms with Crippen LogP contribution in [-0.4, -0.2) is 13.0 Å². The highest BCUT2D eigenvalue weighted by Crippen LogP contribution is 2.25. The molecule has 0 heterocycles. The molecule has 5 heteroatoms. The van der Waals surface area contributed by atoms with Gasteiger partial charge in [0.05, 0.1) is 11.4 Å². The summed E-state index contributed by atoms with van der Waals surface area (Å²) >= 11 is 9.27. The first-order valence-electron chi connectivity index (χ1n) is 5.57. The van der Waals surface area contributed by atoms with E-state index in [1.165, 1.54) is 4.90 Å². The molecule has 0 aromatic heterocycles. The molecule has 0 unspecified atom stereocenters. The quantitative estimate of drug-likeness (QED) is 0.842. The van der Waals surface area contributed by atoms with E-state index in [1.54, 1.807) is 37.4 Å². The van der Waals surface area contributed by atoms with Crippen LogP contribution in [0, 0.1) is 0 Å². The molecule has 0 aliphatic heterocycles. The van der Waals surface area contributed by atoms with Crippen LogP contribution in [0.25, 0.3) is 0 Å². The van der Waals surface area contributed by atoms with Gasteiger partial charge in [-0.15, -0.1) is 0 Å². The predicted molar refractivity (Wildman–Crippen MR) is 82.7 cm³/mol. The van der Waals surface area contributed by atoms with E-state index in [4.69, 9.17) is 17.3 Å². The number of nitrogen functional groups attached to an aromatic ring is 1. The zero-order chi connectivity index (χ0) is 14.0. The van der Waals surface area contributed by atoms with E-state index in [0.717, 1.165) is 4.47 Å². The number of hydrogen-bond donors (Lipinski definition) is 1. The number of nitrogens with zero attached hydrogens (tertiary/aromatic N) is 1. The van der Waals surface area contributed by atoms with Crippen molar-refractivity contribution in [3.05, 3.63) is 57.5 Å². The largest absolute Gasteiger partial charge is 0.397 e. The molecule has 0 spiro atoms. The van der Waals surface area contributed by atoms with Gasteiger partial charge < -0.3 is 10.6 Å². The molecule has 0 bridgehead atoms. The number of hydrogen-bond acceptors (Lipinski definition) is 2. The van der Waals surface area contributed by atoms with Gasteiger partial charge in [0.1, 0.15) is 0 Å². The number of carbonyl (C=O) groups excluding carboxylic acids is 1. The fourth-order valence-corrected chi connectivity index (χ4v) is 2.63. The third-order valence-electron chi connectivity index (χ3n) is 2.71. The fraction of sp³-hybridized carbons (Fsp3) is 0.0714. The van der Waals surface area contributed by atoms with Crippen LogP contribution in [0.5, 0.6) is 0 Å². The molecule has 0 aliphatic carbocycles. The minimum absolute atomic E-state index is 0.166. The van der Waals surface area contributed by atoms with Gasteiger partial charge in [-0.05, 0) is 30.3 Å². The summed E-state index contributed by atoms with van der Waals surface area (Å²) in [6.07, 6.45) is 0. The number of halogens is 2. The Bertz CT molecular complexity index is 610. The van der Waals surface area contributed by atoms with Crippen LogP contribution in [0.4, 0.5) is 11.4 Å². The molecule has 0 atom stereocenters. The molecular weight excluding hydrogens is 328 g/mol. The SMILES string of the molecule is CN(C(=O)c1cc(Cl)cc(Br)c1)c1ccccc1N. The maximum Gasteiger partial charge on any atom is 0.258 e. The third-order valence-corrected chi connectivity index (χ3v) is 3.39. The van der Waals surface area contributed by atoms with Crippen molar-refractivity contribution in [3.8, 4) is 0 Å². The number of benzene rings is 2. The molecular formula is C14H12BrClN2O. The normalized spacial score (nSPS) is 10.3. The van der Waals surface area contributed by atoms with E-state index in [2.05, 4.69) is 15.9 Å².